The van der Waals surface area contributed by atoms with Crippen LogP contribution in [-0.4, -0.2) is 53.1 Å². The molecule has 1 unspecified atom stereocenters. The van der Waals surface area contributed by atoms with Gasteiger partial charge < -0.3 is 15.0 Å². The van der Waals surface area contributed by atoms with Crippen molar-refractivity contribution in [1.29, 1.82) is 0 Å². The smallest absolute Gasteiger partial charge is 0.179 e. The first-order chi connectivity index (χ1) is 11.1. The molecule has 2 aliphatic rings. The van der Waals surface area contributed by atoms with E-state index in [1.807, 2.05) is 6.92 Å². The topological polar surface area (TPSA) is 77.6 Å². The molecular formula is C17H27N3O3. The van der Waals surface area contributed by atoms with Gasteiger partial charge in [-0.15, -0.1) is 0 Å². The number of hydroxylamine groups is 1. The largest absolute Gasteiger partial charge is 0.390 e. The van der Waals surface area contributed by atoms with Gasteiger partial charge in [0.25, 0.3) is 0 Å². The van der Waals surface area contributed by atoms with E-state index in [0.29, 0.717) is 26.1 Å². The van der Waals surface area contributed by atoms with Gasteiger partial charge in [0, 0.05) is 30.8 Å². The van der Waals surface area contributed by atoms with Gasteiger partial charge in [-0.1, -0.05) is 0 Å². The molecule has 0 bridgehead atoms. The van der Waals surface area contributed by atoms with Crippen molar-refractivity contribution in [1.82, 2.24) is 15.4 Å². The summed E-state index contributed by atoms with van der Waals surface area (Å²) in [5.41, 5.74) is 6.82. The van der Waals surface area contributed by atoms with Gasteiger partial charge in [-0.05, 0) is 51.3 Å². The number of aliphatic hydroxyl groups is 1. The highest BCUT2D eigenvalue weighted by Gasteiger charge is 2.24. The van der Waals surface area contributed by atoms with Crippen LogP contribution in [-0.2, 0) is 17.9 Å². The summed E-state index contributed by atoms with van der Waals surface area (Å²) in [6.45, 7) is 5.68. The van der Waals surface area contributed by atoms with Gasteiger partial charge in [0.1, 0.15) is 0 Å². The maximum atomic E-state index is 11.9. The lowest BCUT2D eigenvalue weighted by atomic mass is 9.94. The summed E-state index contributed by atoms with van der Waals surface area (Å²) in [5.74, 6) is 0.203. The van der Waals surface area contributed by atoms with Crippen molar-refractivity contribution in [2.24, 2.45) is 0 Å². The molecule has 1 aromatic heterocycles. The molecule has 1 atom stereocenters. The second-order valence-electron chi connectivity index (χ2n) is 6.66. The minimum absolute atomic E-state index is 0.203. The zero-order chi connectivity index (χ0) is 16.2. The van der Waals surface area contributed by atoms with Crippen molar-refractivity contribution in [3.05, 3.63) is 22.5 Å². The van der Waals surface area contributed by atoms with Crippen molar-refractivity contribution in [3.8, 4) is 0 Å². The molecule has 6 heteroatoms. The van der Waals surface area contributed by atoms with Crippen LogP contribution in [0.15, 0.2) is 0 Å². The first kappa shape index (κ1) is 16.6. The number of nitrogens with one attached hydrogen (secondary N) is 2. The third-order valence-electron chi connectivity index (χ3n) is 4.85. The number of likely N-dealkylation sites (tertiary alicyclic amines) is 1. The number of aryl methyl sites for hydroxylation is 1. The fourth-order valence-electron chi connectivity index (χ4n) is 3.58. The fourth-order valence-corrected chi connectivity index (χ4v) is 3.58. The SMILES string of the molecule is Cc1[nH]c2c(c1CONCC(O)CN1CCCC1)CCCC2=O. The number of aromatic amines is 1. The molecule has 1 saturated heterocycles. The standard InChI is InChI=1S/C17H27N3O3/c1-12-15(14-5-4-6-16(22)17(14)19-12)11-23-18-9-13(21)10-20-7-2-3-8-20/h13,18-19,21H,2-11H2,1H3. The number of β-amino-alcohol motifs (C(OH)–C–C–N with tert-alkyl or cyclic N) is 1. The molecular weight excluding hydrogens is 294 g/mol. The van der Waals surface area contributed by atoms with E-state index < -0.39 is 6.10 Å². The number of ketones is 1. The highest BCUT2D eigenvalue weighted by Crippen LogP contribution is 2.27. The van der Waals surface area contributed by atoms with E-state index in [9.17, 15) is 9.90 Å². The van der Waals surface area contributed by atoms with E-state index in [2.05, 4.69) is 15.4 Å². The summed E-state index contributed by atoms with van der Waals surface area (Å²) >= 11 is 0. The molecule has 0 amide bonds. The van der Waals surface area contributed by atoms with Crippen molar-refractivity contribution in [2.45, 2.75) is 51.7 Å². The van der Waals surface area contributed by atoms with Gasteiger partial charge in [0.2, 0.25) is 0 Å². The van der Waals surface area contributed by atoms with Crippen LogP contribution in [0.25, 0.3) is 0 Å². The Labute approximate surface area is 137 Å². The van der Waals surface area contributed by atoms with Gasteiger partial charge in [-0.25, -0.2) is 0 Å². The minimum Gasteiger partial charge on any atom is -0.390 e. The number of aliphatic hydroxyl groups excluding tert-OH is 1. The molecule has 1 fully saturated rings. The summed E-state index contributed by atoms with van der Waals surface area (Å²) in [5, 5.41) is 10.0. The number of Topliss-reactive ketones (excluding diaryl/α,β-unsaturated/α-hetero) is 1. The predicted molar refractivity (Wildman–Crippen MR) is 87.3 cm³/mol. The highest BCUT2D eigenvalue weighted by atomic mass is 16.6. The normalized spacial score (nSPS) is 20.0. The van der Waals surface area contributed by atoms with Crippen LogP contribution >= 0.6 is 0 Å². The number of hydrogen-bond donors (Lipinski definition) is 3. The van der Waals surface area contributed by atoms with Crippen molar-refractivity contribution < 1.29 is 14.7 Å². The Bertz CT molecular complexity index is 550. The van der Waals surface area contributed by atoms with E-state index in [1.54, 1.807) is 0 Å². The maximum absolute atomic E-state index is 11.9. The second-order valence-corrected chi connectivity index (χ2v) is 6.66. The Morgan fingerprint density at radius 1 is 1.30 bits per heavy atom. The highest BCUT2D eigenvalue weighted by molar-refractivity contribution is 5.97. The van der Waals surface area contributed by atoms with E-state index >= 15 is 0 Å². The first-order valence-corrected chi connectivity index (χ1v) is 8.63. The molecule has 0 radical (unpaired) electrons. The zero-order valence-electron chi connectivity index (χ0n) is 13.9. The van der Waals surface area contributed by atoms with Crippen molar-refractivity contribution in [3.63, 3.8) is 0 Å². The fraction of sp³-hybridized carbons (Fsp3) is 0.706. The third kappa shape index (κ3) is 4.01. The Morgan fingerprint density at radius 3 is 2.87 bits per heavy atom. The van der Waals surface area contributed by atoms with Crippen LogP contribution < -0.4 is 5.48 Å². The molecule has 1 aliphatic heterocycles. The number of fused-ring (bicyclic) bond motifs is 1. The number of aromatic nitrogens is 1. The summed E-state index contributed by atoms with van der Waals surface area (Å²) < 4.78 is 0. The van der Waals surface area contributed by atoms with Crippen molar-refractivity contribution in [2.75, 3.05) is 26.2 Å². The molecule has 0 spiro atoms. The van der Waals surface area contributed by atoms with E-state index in [-0.39, 0.29) is 5.78 Å². The minimum atomic E-state index is -0.420. The quantitative estimate of drug-likeness (QED) is 0.521. The molecule has 0 aromatic carbocycles. The predicted octanol–water partition coefficient (Wildman–Crippen LogP) is 1.32. The molecule has 1 aromatic rings. The van der Waals surface area contributed by atoms with Crippen LogP contribution in [0.4, 0.5) is 0 Å². The van der Waals surface area contributed by atoms with Gasteiger partial charge in [-0.3, -0.25) is 9.63 Å². The van der Waals surface area contributed by atoms with E-state index in [0.717, 1.165) is 48.4 Å². The van der Waals surface area contributed by atoms with Gasteiger partial charge >= 0.3 is 0 Å². The van der Waals surface area contributed by atoms with E-state index in [1.165, 1.54) is 12.8 Å². The Kier molecular flexibility index (Phi) is 5.48. The molecule has 6 nitrogen and oxygen atoms in total. The Morgan fingerprint density at radius 2 is 2.09 bits per heavy atom. The maximum Gasteiger partial charge on any atom is 0.179 e. The van der Waals surface area contributed by atoms with Crippen LogP contribution in [0, 0.1) is 6.92 Å². The summed E-state index contributed by atoms with van der Waals surface area (Å²) in [6, 6.07) is 0. The van der Waals surface area contributed by atoms with Crippen LogP contribution in [0.3, 0.4) is 0 Å². The average Bonchev–Trinajstić information content (AvgIpc) is 3.13. The van der Waals surface area contributed by atoms with E-state index in [4.69, 9.17) is 4.84 Å². The Hall–Kier alpha value is -1.21. The van der Waals surface area contributed by atoms with Gasteiger partial charge in [0.05, 0.1) is 18.4 Å². The molecule has 2 heterocycles. The number of carbonyl (C=O) groups excluding carboxylic acids is 1. The first-order valence-electron chi connectivity index (χ1n) is 8.63. The molecule has 1 aliphatic carbocycles. The van der Waals surface area contributed by atoms with Crippen LogP contribution in [0.2, 0.25) is 0 Å². The van der Waals surface area contributed by atoms with Crippen molar-refractivity contribution >= 4 is 5.78 Å². The van der Waals surface area contributed by atoms with Crippen LogP contribution in [0.1, 0.15) is 53.0 Å². The van der Waals surface area contributed by atoms with Gasteiger partial charge in [-0.2, -0.15) is 5.48 Å². The second kappa shape index (κ2) is 7.57. The number of rotatable bonds is 7. The lowest BCUT2D eigenvalue weighted by Crippen LogP contribution is -2.37. The summed E-state index contributed by atoms with van der Waals surface area (Å²) in [6.07, 6.45) is 4.52. The number of nitrogens with zero attached hydrogens (tertiary/aromatic N) is 1. The molecule has 3 rings (SSSR count). The monoisotopic (exact) mass is 321 g/mol. The number of hydrogen-bond acceptors (Lipinski definition) is 5. The molecule has 23 heavy (non-hydrogen) atoms. The number of carbonyl (C=O) groups is 1. The molecule has 128 valence electrons. The third-order valence-corrected chi connectivity index (χ3v) is 4.85. The zero-order valence-corrected chi connectivity index (χ0v) is 13.9. The Balaban J connectivity index is 1.45. The number of H-pyrrole nitrogens is 1. The summed E-state index contributed by atoms with van der Waals surface area (Å²) in [4.78, 5) is 22.9. The molecule has 0 saturated carbocycles. The summed E-state index contributed by atoms with van der Waals surface area (Å²) in [7, 11) is 0. The van der Waals surface area contributed by atoms with Gasteiger partial charge in [0.15, 0.2) is 5.78 Å². The average molecular weight is 321 g/mol. The molecule has 3 N–H and O–H groups in total. The van der Waals surface area contributed by atoms with Crippen LogP contribution in [0.5, 0.6) is 0 Å². The lowest BCUT2D eigenvalue weighted by Gasteiger charge is -2.19. The lowest BCUT2D eigenvalue weighted by molar-refractivity contribution is -0.00285.